The van der Waals surface area contributed by atoms with Gasteiger partial charge in [0.25, 0.3) is 0 Å². The van der Waals surface area contributed by atoms with E-state index in [1.54, 1.807) is 0 Å². The van der Waals surface area contributed by atoms with E-state index in [1.807, 2.05) is 0 Å². The Bertz CT molecular complexity index is 889. The number of para-hydroxylation sites is 1. The maximum Gasteiger partial charge on any atom is 0.311 e. The van der Waals surface area contributed by atoms with Crippen LogP contribution in [0.15, 0.2) is 23.3 Å². The second-order valence-electron chi connectivity index (χ2n) is 6.99. The van der Waals surface area contributed by atoms with Gasteiger partial charge in [-0.25, -0.2) is 5.43 Å². The lowest BCUT2D eigenvalue weighted by atomic mass is 10.2. The number of nitrogens with one attached hydrogen (secondary N) is 1. The zero-order valence-electron chi connectivity index (χ0n) is 15.9. The molecule has 0 radical (unpaired) electrons. The SMILES string of the molecule is O=[N+]([O-])c1cccc(/C=N/Nc2nc(N3CCCC3)nc(N3CCCC3)n2)c1O. The van der Waals surface area contributed by atoms with Gasteiger partial charge >= 0.3 is 5.69 Å². The summed E-state index contributed by atoms with van der Waals surface area (Å²) in [7, 11) is 0. The molecule has 2 aliphatic rings. The number of hydrogen-bond acceptors (Lipinski definition) is 10. The molecule has 152 valence electrons. The molecule has 3 heterocycles. The van der Waals surface area contributed by atoms with E-state index < -0.39 is 10.7 Å². The summed E-state index contributed by atoms with van der Waals surface area (Å²) in [4.78, 5) is 28.1. The van der Waals surface area contributed by atoms with Crippen LogP contribution in [0.2, 0.25) is 0 Å². The molecule has 0 amide bonds. The molecule has 1 aromatic carbocycles. The van der Waals surface area contributed by atoms with Gasteiger partial charge in [-0.2, -0.15) is 20.1 Å². The lowest BCUT2D eigenvalue weighted by Crippen LogP contribution is -2.25. The molecule has 0 aliphatic carbocycles. The van der Waals surface area contributed by atoms with E-state index >= 15 is 0 Å². The van der Waals surface area contributed by atoms with Crippen LogP contribution >= 0.6 is 0 Å². The highest BCUT2D eigenvalue weighted by atomic mass is 16.6. The lowest BCUT2D eigenvalue weighted by molar-refractivity contribution is -0.385. The van der Waals surface area contributed by atoms with E-state index in [-0.39, 0.29) is 11.3 Å². The number of nitrogens with zero attached hydrogens (tertiary/aromatic N) is 7. The van der Waals surface area contributed by atoms with Crippen LogP contribution in [0.25, 0.3) is 0 Å². The van der Waals surface area contributed by atoms with Gasteiger partial charge in [-0.1, -0.05) is 6.07 Å². The minimum Gasteiger partial charge on any atom is -0.502 e. The molecule has 2 fully saturated rings. The monoisotopic (exact) mass is 398 g/mol. The van der Waals surface area contributed by atoms with Crippen LogP contribution < -0.4 is 15.2 Å². The first-order valence-electron chi connectivity index (χ1n) is 9.63. The highest BCUT2D eigenvalue weighted by molar-refractivity contribution is 5.85. The molecule has 11 heteroatoms. The van der Waals surface area contributed by atoms with Crippen LogP contribution in [-0.4, -0.2) is 57.4 Å². The quantitative estimate of drug-likeness (QED) is 0.426. The maximum absolute atomic E-state index is 10.9. The second kappa shape index (κ2) is 8.25. The van der Waals surface area contributed by atoms with Crippen molar-refractivity contribution in [3.63, 3.8) is 0 Å². The van der Waals surface area contributed by atoms with Crippen LogP contribution in [-0.2, 0) is 0 Å². The van der Waals surface area contributed by atoms with Crippen molar-refractivity contribution in [2.24, 2.45) is 5.10 Å². The summed E-state index contributed by atoms with van der Waals surface area (Å²) in [6, 6.07) is 4.25. The van der Waals surface area contributed by atoms with Crippen LogP contribution in [0.5, 0.6) is 5.75 Å². The van der Waals surface area contributed by atoms with Crippen molar-refractivity contribution < 1.29 is 10.0 Å². The molecular weight excluding hydrogens is 376 g/mol. The van der Waals surface area contributed by atoms with Gasteiger partial charge in [0.05, 0.1) is 11.1 Å². The number of benzene rings is 1. The Balaban J connectivity index is 1.57. The minimum atomic E-state index is -0.642. The van der Waals surface area contributed by atoms with Crippen molar-refractivity contribution in [3.8, 4) is 5.75 Å². The fourth-order valence-corrected chi connectivity index (χ4v) is 3.48. The first-order valence-corrected chi connectivity index (χ1v) is 9.63. The van der Waals surface area contributed by atoms with Crippen molar-refractivity contribution >= 4 is 29.7 Å². The summed E-state index contributed by atoms with van der Waals surface area (Å²) < 4.78 is 0. The van der Waals surface area contributed by atoms with E-state index in [1.165, 1.54) is 24.4 Å². The molecule has 0 spiro atoms. The number of hydrazone groups is 1. The molecular formula is C18H22N8O3. The Morgan fingerprint density at radius 1 is 1.03 bits per heavy atom. The van der Waals surface area contributed by atoms with Gasteiger partial charge in [-0.05, 0) is 31.7 Å². The standard InChI is InChI=1S/C18H22N8O3/c27-15-13(6-5-7-14(15)26(28)29)12-19-23-16-20-17(24-8-1-2-9-24)22-18(21-16)25-10-3-4-11-25/h5-7,12,27H,1-4,8-11H2,(H,20,21,22,23)/b19-12+. The molecule has 4 rings (SSSR count). The number of rotatable bonds is 6. The molecule has 29 heavy (non-hydrogen) atoms. The predicted octanol–water partition coefficient (Wildman–Crippen LogP) is 2.13. The van der Waals surface area contributed by atoms with Crippen molar-refractivity contribution in [3.05, 3.63) is 33.9 Å². The third-order valence-corrected chi connectivity index (χ3v) is 5.00. The number of aromatic nitrogens is 3. The summed E-state index contributed by atoms with van der Waals surface area (Å²) in [5.74, 6) is 1.10. The molecule has 2 N–H and O–H groups in total. The van der Waals surface area contributed by atoms with Gasteiger partial charge in [0.15, 0.2) is 0 Å². The number of nitro benzene ring substituents is 1. The first-order chi connectivity index (χ1) is 14.1. The fraction of sp³-hybridized carbons (Fsp3) is 0.444. The summed E-state index contributed by atoms with van der Waals surface area (Å²) in [5, 5.41) is 25.0. The van der Waals surface area contributed by atoms with Gasteiger partial charge in [-0.15, -0.1) is 0 Å². The van der Waals surface area contributed by atoms with E-state index in [2.05, 4.69) is 35.3 Å². The van der Waals surface area contributed by atoms with Crippen molar-refractivity contribution in [2.45, 2.75) is 25.7 Å². The molecule has 0 atom stereocenters. The largest absolute Gasteiger partial charge is 0.502 e. The molecule has 11 nitrogen and oxygen atoms in total. The maximum atomic E-state index is 10.9. The minimum absolute atomic E-state index is 0.222. The number of aromatic hydroxyl groups is 1. The van der Waals surface area contributed by atoms with E-state index in [4.69, 9.17) is 0 Å². The smallest absolute Gasteiger partial charge is 0.311 e. The number of phenols is 1. The highest BCUT2D eigenvalue weighted by Gasteiger charge is 2.21. The molecule has 2 aliphatic heterocycles. The number of anilines is 3. The van der Waals surface area contributed by atoms with Crippen LogP contribution in [0.1, 0.15) is 31.2 Å². The summed E-state index contributed by atoms with van der Waals surface area (Å²) in [6.45, 7) is 3.64. The summed E-state index contributed by atoms with van der Waals surface area (Å²) >= 11 is 0. The zero-order chi connectivity index (χ0) is 20.2. The normalized spacial score (nSPS) is 16.7. The van der Waals surface area contributed by atoms with Crippen molar-refractivity contribution in [1.82, 2.24) is 15.0 Å². The van der Waals surface area contributed by atoms with Gasteiger partial charge in [0.1, 0.15) is 0 Å². The first kappa shape index (κ1) is 18.8. The Kier molecular flexibility index (Phi) is 5.36. The van der Waals surface area contributed by atoms with Crippen molar-refractivity contribution in [1.29, 1.82) is 0 Å². The number of phenolic OH excluding ortho intramolecular Hbond substituents is 1. The summed E-state index contributed by atoms with van der Waals surface area (Å²) in [5.41, 5.74) is 2.62. The second-order valence-corrected chi connectivity index (χ2v) is 6.99. The zero-order valence-corrected chi connectivity index (χ0v) is 15.9. The third-order valence-electron chi connectivity index (χ3n) is 5.00. The van der Waals surface area contributed by atoms with Gasteiger partial charge in [-0.3, -0.25) is 10.1 Å². The lowest BCUT2D eigenvalue weighted by Gasteiger charge is -2.20. The van der Waals surface area contributed by atoms with E-state index in [0.29, 0.717) is 17.8 Å². The fourth-order valence-electron chi connectivity index (χ4n) is 3.48. The topological polar surface area (TPSA) is 133 Å². The van der Waals surface area contributed by atoms with E-state index in [9.17, 15) is 15.2 Å². The van der Waals surface area contributed by atoms with Crippen LogP contribution in [0, 0.1) is 10.1 Å². The van der Waals surface area contributed by atoms with Crippen LogP contribution in [0.4, 0.5) is 23.5 Å². The average Bonchev–Trinajstić information content (AvgIpc) is 3.43. The molecule has 0 bridgehead atoms. The highest BCUT2D eigenvalue weighted by Crippen LogP contribution is 2.28. The molecule has 2 aromatic rings. The van der Waals surface area contributed by atoms with Crippen LogP contribution in [0.3, 0.4) is 0 Å². The van der Waals surface area contributed by atoms with E-state index in [0.717, 1.165) is 51.9 Å². The Labute approximate surface area is 167 Å². The molecule has 1 aromatic heterocycles. The predicted molar refractivity (Wildman–Crippen MR) is 109 cm³/mol. The molecule has 2 saturated heterocycles. The third kappa shape index (κ3) is 4.18. The number of nitro groups is 1. The average molecular weight is 398 g/mol. The Morgan fingerprint density at radius 2 is 1.62 bits per heavy atom. The Hall–Kier alpha value is -3.50. The molecule has 0 saturated carbocycles. The van der Waals surface area contributed by atoms with Gasteiger partial charge < -0.3 is 14.9 Å². The number of hydrogen-bond donors (Lipinski definition) is 2. The van der Waals surface area contributed by atoms with Gasteiger partial charge in [0, 0.05) is 37.8 Å². The summed E-state index contributed by atoms with van der Waals surface area (Å²) in [6.07, 6.45) is 5.74. The van der Waals surface area contributed by atoms with Gasteiger partial charge in [0.2, 0.25) is 23.6 Å². The van der Waals surface area contributed by atoms with Crippen molar-refractivity contribution in [2.75, 3.05) is 41.4 Å². The molecule has 0 unspecified atom stereocenters. The Morgan fingerprint density at radius 3 is 2.17 bits per heavy atom.